The van der Waals surface area contributed by atoms with Crippen LogP contribution in [-0.4, -0.2) is 26.6 Å². The predicted molar refractivity (Wildman–Crippen MR) is 92.0 cm³/mol. The van der Waals surface area contributed by atoms with E-state index >= 15 is 0 Å². The molecule has 0 radical (unpaired) electrons. The van der Waals surface area contributed by atoms with Crippen LogP contribution in [0, 0.1) is 0 Å². The first-order valence-corrected chi connectivity index (χ1v) is 9.01. The van der Waals surface area contributed by atoms with Gasteiger partial charge in [0.1, 0.15) is 10.6 Å². The number of alkyl halides is 3. The molecule has 0 spiro atoms. The van der Waals surface area contributed by atoms with Gasteiger partial charge in [-0.15, -0.1) is 18.0 Å². The third-order valence-electron chi connectivity index (χ3n) is 3.19. The molecule has 0 aromatic heterocycles. The fourth-order valence-electron chi connectivity index (χ4n) is 2.03. The number of hydrogen-bond acceptors (Lipinski definition) is 5. The van der Waals surface area contributed by atoms with Crippen molar-refractivity contribution in [1.82, 2.24) is 10.3 Å². The van der Waals surface area contributed by atoms with E-state index in [9.17, 15) is 31.2 Å². The topological polar surface area (TPSA) is 114 Å². The minimum atomic E-state index is -5.10. The zero-order valence-electron chi connectivity index (χ0n) is 14.2. The number of urea groups is 1. The van der Waals surface area contributed by atoms with Gasteiger partial charge in [-0.3, -0.25) is 10.2 Å². The molecule has 0 aliphatic rings. The van der Waals surface area contributed by atoms with Gasteiger partial charge in [0.2, 0.25) is 0 Å². The molecular formula is C16H14F3N3O5S. The average Bonchev–Trinajstić information content (AvgIpc) is 2.59. The number of sulfonamides is 1. The number of para-hydroxylation sites is 1. The van der Waals surface area contributed by atoms with Crippen LogP contribution in [0.2, 0.25) is 0 Å². The quantitative estimate of drug-likeness (QED) is 0.494. The van der Waals surface area contributed by atoms with Crippen LogP contribution in [-0.2, 0) is 10.0 Å². The monoisotopic (exact) mass is 417 g/mol. The van der Waals surface area contributed by atoms with Crippen LogP contribution in [0.3, 0.4) is 0 Å². The Morgan fingerprint density at radius 1 is 1.04 bits per heavy atom. The van der Waals surface area contributed by atoms with Crippen molar-refractivity contribution < 1.29 is 35.9 Å². The number of carbonyl (C=O) groups is 2. The third kappa shape index (κ3) is 5.96. The van der Waals surface area contributed by atoms with Crippen LogP contribution in [0.25, 0.3) is 0 Å². The van der Waals surface area contributed by atoms with E-state index in [-0.39, 0.29) is 11.5 Å². The number of Topliss-reactive ketones (excluding diaryl/α,β-unsaturated/α-hetero) is 1. The number of halogens is 3. The fourth-order valence-corrected chi connectivity index (χ4v) is 3.00. The Kier molecular flexibility index (Phi) is 6.26. The first-order chi connectivity index (χ1) is 13.0. The number of amides is 2. The second kappa shape index (κ2) is 8.27. The molecule has 0 atom stereocenters. The van der Waals surface area contributed by atoms with Crippen LogP contribution in [0.15, 0.2) is 53.4 Å². The van der Waals surface area contributed by atoms with Crippen LogP contribution < -0.4 is 20.3 Å². The molecule has 2 aromatic rings. The summed E-state index contributed by atoms with van der Waals surface area (Å²) in [6, 6.07) is 8.84. The van der Waals surface area contributed by atoms with Crippen molar-refractivity contribution in [3.63, 3.8) is 0 Å². The number of nitrogens with one attached hydrogen (secondary N) is 3. The molecule has 0 heterocycles. The molecule has 0 aliphatic heterocycles. The summed E-state index contributed by atoms with van der Waals surface area (Å²) >= 11 is 0. The lowest BCUT2D eigenvalue weighted by Gasteiger charge is -2.14. The Labute approximate surface area is 157 Å². The number of ketones is 1. The molecule has 8 nitrogen and oxygen atoms in total. The number of rotatable bonds is 6. The van der Waals surface area contributed by atoms with E-state index in [1.54, 1.807) is 10.3 Å². The lowest BCUT2D eigenvalue weighted by atomic mass is 10.1. The Bertz CT molecular complexity index is 993. The van der Waals surface area contributed by atoms with Crippen molar-refractivity contribution in [3.05, 3.63) is 54.1 Å². The van der Waals surface area contributed by atoms with E-state index in [0.717, 1.165) is 18.2 Å². The van der Waals surface area contributed by atoms with Crippen LogP contribution >= 0.6 is 0 Å². The van der Waals surface area contributed by atoms with E-state index in [2.05, 4.69) is 10.1 Å². The lowest BCUT2D eigenvalue weighted by molar-refractivity contribution is -0.275. The molecule has 0 fully saturated rings. The summed E-state index contributed by atoms with van der Waals surface area (Å²) in [6.45, 7) is 1.33. The number of ether oxygens (including phenoxy) is 1. The van der Waals surface area contributed by atoms with Gasteiger partial charge in [0.05, 0.1) is 0 Å². The highest BCUT2D eigenvalue weighted by Crippen LogP contribution is 2.28. The second-order valence-corrected chi connectivity index (χ2v) is 6.97. The Balaban J connectivity index is 2.09. The van der Waals surface area contributed by atoms with Gasteiger partial charge in [-0.05, 0) is 31.2 Å². The maximum atomic E-state index is 12.4. The number of benzene rings is 2. The maximum absolute atomic E-state index is 12.4. The zero-order chi connectivity index (χ0) is 20.9. The second-order valence-electron chi connectivity index (χ2n) is 5.32. The SMILES string of the molecule is CC(=O)c1cccc(NC(=O)NNS(=O)(=O)c2ccccc2OC(F)(F)F)c1. The van der Waals surface area contributed by atoms with Crippen molar-refractivity contribution >= 4 is 27.5 Å². The summed E-state index contributed by atoms with van der Waals surface area (Å²) in [5.41, 5.74) is 2.31. The molecule has 2 aromatic carbocycles. The summed E-state index contributed by atoms with van der Waals surface area (Å²) in [7, 11) is -4.57. The molecule has 0 saturated heterocycles. The molecule has 0 bridgehead atoms. The minimum absolute atomic E-state index is 0.199. The minimum Gasteiger partial charge on any atom is -0.404 e. The van der Waals surface area contributed by atoms with E-state index in [0.29, 0.717) is 5.56 Å². The molecule has 2 rings (SSSR count). The van der Waals surface area contributed by atoms with E-state index in [4.69, 9.17) is 0 Å². The van der Waals surface area contributed by atoms with Gasteiger partial charge in [-0.2, -0.15) is 0 Å². The number of hydrogen-bond donors (Lipinski definition) is 3. The molecule has 2 amide bonds. The summed E-state index contributed by atoms with van der Waals surface area (Å²) in [5, 5.41) is 2.27. The first-order valence-electron chi connectivity index (χ1n) is 7.52. The average molecular weight is 417 g/mol. The summed E-state index contributed by atoms with van der Waals surface area (Å²) in [6.07, 6.45) is -5.10. The lowest BCUT2D eigenvalue weighted by Crippen LogP contribution is -2.44. The summed E-state index contributed by atoms with van der Waals surface area (Å²) in [4.78, 5) is 24.0. The summed E-state index contributed by atoms with van der Waals surface area (Å²) in [5.74, 6) is -1.20. The molecule has 3 N–H and O–H groups in total. The molecule has 150 valence electrons. The van der Waals surface area contributed by atoms with E-state index in [1.807, 2.05) is 0 Å². The molecule has 0 aliphatic carbocycles. The van der Waals surface area contributed by atoms with Gasteiger partial charge in [0.25, 0.3) is 10.0 Å². The number of carbonyl (C=O) groups excluding carboxylic acids is 2. The van der Waals surface area contributed by atoms with Crippen LogP contribution in [0.4, 0.5) is 23.7 Å². The number of hydrazine groups is 1. The zero-order valence-corrected chi connectivity index (χ0v) is 15.0. The molecule has 28 heavy (non-hydrogen) atoms. The summed E-state index contributed by atoms with van der Waals surface area (Å²) < 4.78 is 65.3. The van der Waals surface area contributed by atoms with Gasteiger partial charge in [0, 0.05) is 11.3 Å². The Morgan fingerprint density at radius 3 is 2.36 bits per heavy atom. The fraction of sp³-hybridized carbons (Fsp3) is 0.125. The van der Waals surface area contributed by atoms with E-state index < -0.39 is 33.1 Å². The van der Waals surface area contributed by atoms with Crippen LogP contribution in [0.1, 0.15) is 17.3 Å². The number of anilines is 1. The first kappa shape index (κ1) is 21.2. The maximum Gasteiger partial charge on any atom is 0.573 e. The van der Waals surface area contributed by atoms with Gasteiger partial charge < -0.3 is 10.1 Å². The molecule has 0 saturated carbocycles. The molecule has 0 unspecified atom stereocenters. The molecule has 12 heteroatoms. The van der Waals surface area contributed by atoms with Gasteiger partial charge >= 0.3 is 12.4 Å². The molecular weight excluding hydrogens is 403 g/mol. The normalized spacial score (nSPS) is 11.6. The van der Waals surface area contributed by atoms with Gasteiger partial charge in [0.15, 0.2) is 5.78 Å². The predicted octanol–water partition coefficient (Wildman–Crippen LogP) is 2.80. The smallest absolute Gasteiger partial charge is 0.404 e. The Morgan fingerprint density at radius 2 is 1.71 bits per heavy atom. The Hall–Kier alpha value is -3.12. The van der Waals surface area contributed by atoms with Crippen molar-refractivity contribution in [2.24, 2.45) is 0 Å². The highest BCUT2D eigenvalue weighted by Gasteiger charge is 2.34. The van der Waals surface area contributed by atoms with E-state index in [1.165, 1.54) is 37.3 Å². The van der Waals surface area contributed by atoms with Gasteiger partial charge in [-0.1, -0.05) is 24.3 Å². The van der Waals surface area contributed by atoms with Crippen molar-refractivity contribution in [1.29, 1.82) is 0 Å². The largest absolute Gasteiger partial charge is 0.573 e. The van der Waals surface area contributed by atoms with Crippen molar-refractivity contribution in [3.8, 4) is 5.75 Å². The van der Waals surface area contributed by atoms with Crippen molar-refractivity contribution in [2.75, 3.05) is 5.32 Å². The standard InChI is InChI=1S/C16H14F3N3O5S/c1-10(23)11-5-4-6-12(9-11)20-15(24)21-22-28(25,26)14-8-3-2-7-13(14)27-16(17,18)19/h2-9,22H,1H3,(H2,20,21,24). The third-order valence-corrected chi connectivity index (χ3v) is 4.48. The van der Waals surface area contributed by atoms with Crippen molar-refractivity contribution in [2.45, 2.75) is 18.2 Å². The van der Waals surface area contributed by atoms with Gasteiger partial charge in [-0.25, -0.2) is 13.2 Å². The van der Waals surface area contributed by atoms with Crippen LogP contribution in [0.5, 0.6) is 5.75 Å². The highest BCUT2D eigenvalue weighted by atomic mass is 32.2. The highest BCUT2D eigenvalue weighted by molar-refractivity contribution is 7.89.